The second-order valence-electron chi connectivity index (χ2n) is 6.71. The number of anilines is 2. The van der Waals surface area contributed by atoms with Gasteiger partial charge < -0.3 is 15.5 Å². The molecule has 2 aromatic carbocycles. The number of nitrogens with one attached hydrogen (secondary N) is 2. The van der Waals surface area contributed by atoms with Gasteiger partial charge in [0.1, 0.15) is 17.7 Å². The summed E-state index contributed by atoms with van der Waals surface area (Å²) in [5, 5.41) is 4.95. The molecule has 2 heterocycles. The normalized spacial score (nSPS) is 20.9. The van der Waals surface area contributed by atoms with Gasteiger partial charge in [-0.15, -0.1) is 0 Å². The number of rotatable bonds is 3. The summed E-state index contributed by atoms with van der Waals surface area (Å²) in [7, 11) is 1.60. The third-order valence-electron chi connectivity index (χ3n) is 4.84. The Kier molecular flexibility index (Phi) is 4.50. The maximum Gasteiger partial charge on any atom is 0.329 e. The van der Waals surface area contributed by atoms with E-state index in [2.05, 4.69) is 10.6 Å². The van der Waals surface area contributed by atoms with E-state index in [-0.39, 0.29) is 11.3 Å². The number of imide groups is 1. The molecule has 0 saturated carbocycles. The van der Waals surface area contributed by atoms with Gasteiger partial charge in [-0.05, 0) is 24.3 Å². The van der Waals surface area contributed by atoms with Crippen molar-refractivity contribution in [1.29, 1.82) is 0 Å². The lowest BCUT2D eigenvalue weighted by Crippen LogP contribution is -2.65. The number of likely N-dealkylation sites (N-methyl/N-ethyl adjacent to an activating group) is 1. The Balaban J connectivity index is 1.59. The molecule has 0 aliphatic carbocycles. The highest BCUT2D eigenvalue weighted by Gasteiger charge is 2.49. The molecule has 2 unspecified atom stereocenters. The first kappa shape index (κ1) is 18.6. The average Bonchev–Trinajstić information content (AvgIpc) is 3.02. The summed E-state index contributed by atoms with van der Waals surface area (Å²) in [6.07, 6.45) is 1.41. The lowest BCUT2D eigenvalue weighted by Gasteiger charge is -2.37. The second kappa shape index (κ2) is 7.01. The fraction of sp³-hybridized carbons (Fsp3) is 0.150. The Morgan fingerprint density at radius 1 is 1.10 bits per heavy atom. The van der Waals surface area contributed by atoms with E-state index < -0.39 is 41.6 Å². The van der Waals surface area contributed by atoms with Crippen LogP contribution in [-0.4, -0.2) is 41.9 Å². The van der Waals surface area contributed by atoms with Crippen LogP contribution in [0, 0.1) is 11.6 Å². The molecule has 4 amide bonds. The molecule has 9 heteroatoms. The Labute approximate surface area is 164 Å². The van der Waals surface area contributed by atoms with Gasteiger partial charge in [0, 0.05) is 19.3 Å². The first-order valence-corrected chi connectivity index (χ1v) is 8.76. The molecular weight excluding hydrogens is 382 g/mol. The number of benzene rings is 2. The SMILES string of the molecule is CN1C=C(C(=O)Nc2cc(F)ccc2F)C2NC(=O)N(c3ccccc3)C(=O)C21. The molecule has 0 aromatic heterocycles. The molecule has 2 atom stereocenters. The van der Waals surface area contributed by atoms with Crippen LogP contribution in [0.1, 0.15) is 0 Å². The Bertz CT molecular complexity index is 1040. The van der Waals surface area contributed by atoms with E-state index in [0.29, 0.717) is 5.69 Å². The monoisotopic (exact) mass is 398 g/mol. The third kappa shape index (κ3) is 3.20. The highest BCUT2D eigenvalue weighted by molar-refractivity contribution is 6.20. The molecule has 0 bridgehead atoms. The molecule has 0 spiro atoms. The molecule has 0 radical (unpaired) electrons. The number of hydrogen-bond donors (Lipinski definition) is 2. The van der Waals surface area contributed by atoms with Gasteiger partial charge in [-0.2, -0.15) is 0 Å². The van der Waals surface area contributed by atoms with Crippen LogP contribution in [0.15, 0.2) is 60.3 Å². The smallest absolute Gasteiger partial charge is 0.329 e. The summed E-state index contributed by atoms with van der Waals surface area (Å²) in [5.74, 6) is -2.75. The van der Waals surface area contributed by atoms with Crippen molar-refractivity contribution < 1.29 is 23.2 Å². The number of halogens is 2. The van der Waals surface area contributed by atoms with Crippen molar-refractivity contribution in [3.8, 4) is 0 Å². The van der Waals surface area contributed by atoms with Crippen LogP contribution in [0.3, 0.4) is 0 Å². The summed E-state index contributed by atoms with van der Waals surface area (Å²) >= 11 is 0. The van der Waals surface area contributed by atoms with Gasteiger partial charge >= 0.3 is 6.03 Å². The summed E-state index contributed by atoms with van der Waals surface area (Å²) in [6, 6.07) is 8.66. The first-order valence-electron chi connectivity index (χ1n) is 8.76. The molecule has 7 nitrogen and oxygen atoms in total. The summed E-state index contributed by atoms with van der Waals surface area (Å²) in [4.78, 5) is 40.8. The van der Waals surface area contributed by atoms with Crippen molar-refractivity contribution in [1.82, 2.24) is 10.2 Å². The molecule has 2 aromatic rings. The lowest BCUT2D eigenvalue weighted by molar-refractivity contribution is -0.122. The van der Waals surface area contributed by atoms with Crippen LogP contribution in [0.5, 0.6) is 0 Å². The number of carbonyl (C=O) groups excluding carboxylic acids is 3. The van der Waals surface area contributed by atoms with Crippen molar-refractivity contribution in [3.63, 3.8) is 0 Å². The minimum Gasteiger partial charge on any atom is -0.366 e. The van der Waals surface area contributed by atoms with E-state index in [1.807, 2.05) is 0 Å². The van der Waals surface area contributed by atoms with Crippen molar-refractivity contribution in [2.24, 2.45) is 0 Å². The zero-order valence-electron chi connectivity index (χ0n) is 15.2. The van der Waals surface area contributed by atoms with Crippen molar-refractivity contribution >= 4 is 29.2 Å². The molecule has 1 saturated heterocycles. The fourth-order valence-electron chi connectivity index (χ4n) is 3.50. The number of urea groups is 1. The maximum atomic E-state index is 13.8. The number of carbonyl (C=O) groups is 3. The topological polar surface area (TPSA) is 81.8 Å². The average molecular weight is 398 g/mol. The van der Waals surface area contributed by atoms with Crippen molar-refractivity contribution in [2.45, 2.75) is 12.1 Å². The van der Waals surface area contributed by atoms with Crippen LogP contribution in [0.25, 0.3) is 0 Å². The molecule has 2 aliphatic rings. The van der Waals surface area contributed by atoms with E-state index >= 15 is 0 Å². The number of amides is 4. The summed E-state index contributed by atoms with van der Waals surface area (Å²) in [6.45, 7) is 0. The van der Waals surface area contributed by atoms with Crippen molar-refractivity contribution in [2.75, 3.05) is 17.3 Å². The van der Waals surface area contributed by atoms with Crippen LogP contribution in [-0.2, 0) is 9.59 Å². The predicted molar refractivity (Wildman–Crippen MR) is 101 cm³/mol. The van der Waals surface area contributed by atoms with Gasteiger partial charge in [-0.3, -0.25) is 9.59 Å². The lowest BCUT2D eigenvalue weighted by atomic mass is 9.99. The van der Waals surface area contributed by atoms with Gasteiger partial charge in [0.25, 0.3) is 11.8 Å². The molecule has 29 heavy (non-hydrogen) atoms. The number of hydrogen-bond acceptors (Lipinski definition) is 4. The van der Waals surface area contributed by atoms with Gasteiger partial charge in [-0.1, -0.05) is 18.2 Å². The van der Waals surface area contributed by atoms with Gasteiger partial charge in [0.15, 0.2) is 0 Å². The van der Waals surface area contributed by atoms with E-state index in [1.165, 1.54) is 11.1 Å². The second-order valence-corrected chi connectivity index (χ2v) is 6.71. The Morgan fingerprint density at radius 3 is 2.55 bits per heavy atom. The van der Waals surface area contributed by atoms with Crippen LogP contribution >= 0.6 is 0 Å². The quantitative estimate of drug-likeness (QED) is 0.831. The maximum absolute atomic E-state index is 13.8. The zero-order chi connectivity index (χ0) is 20.7. The number of para-hydroxylation sites is 1. The van der Waals surface area contributed by atoms with E-state index in [9.17, 15) is 23.2 Å². The molecule has 1 fully saturated rings. The largest absolute Gasteiger partial charge is 0.366 e. The summed E-state index contributed by atoms with van der Waals surface area (Å²) in [5.41, 5.74) is 0.138. The predicted octanol–water partition coefficient (Wildman–Crippen LogP) is 2.23. The molecular formula is C20H16F2N4O3. The minimum atomic E-state index is -0.920. The van der Waals surface area contributed by atoms with E-state index in [0.717, 1.165) is 23.1 Å². The standard InChI is InChI=1S/C20H16F2N4O3/c1-25-10-13(18(27)23-15-9-11(21)7-8-14(15)22)16-17(25)19(28)26(20(29)24-16)12-5-3-2-4-6-12/h2-10,16-17H,1H3,(H,23,27)(H,24,29). The van der Waals surface area contributed by atoms with E-state index in [1.54, 1.807) is 37.4 Å². The Morgan fingerprint density at radius 2 is 1.83 bits per heavy atom. The highest BCUT2D eigenvalue weighted by atomic mass is 19.1. The van der Waals surface area contributed by atoms with Crippen LogP contribution in [0.4, 0.5) is 25.0 Å². The highest BCUT2D eigenvalue weighted by Crippen LogP contribution is 2.30. The molecule has 4 rings (SSSR count). The minimum absolute atomic E-state index is 0.0653. The first-order chi connectivity index (χ1) is 13.9. The number of fused-ring (bicyclic) bond motifs is 1. The van der Waals surface area contributed by atoms with Crippen LogP contribution < -0.4 is 15.5 Å². The Hall–Kier alpha value is -3.75. The summed E-state index contributed by atoms with van der Waals surface area (Å²) < 4.78 is 27.2. The molecule has 2 aliphatic heterocycles. The number of nitrogens with zero attached hydrogens (tertiary/aromatic N) is 2. The van der Waals surface area contributed by atoms with E-state index in [4.69, 9.17) is 0 Å². The van der Waals surface area contributed by atoms with Gasteiger partial charge in [-0.25, -0.2) is 18.5 Å². The zero-order valence-corrected chi connectivity index (χ0v) is 15.2. The fourth-order valence-corrected chi connectivity index (χ4v) is 3.50. The van der Waals surface area contributed by atoms with Crippen molar-refractivity contribution in [3.05, 3.63) is 71.9 Å². The molecule has 148 valence electrons. The van der Waals surface area contributed by atoms with Crippen LogP contribution in [0.2, 0.25) is 0 Å². The molecule has 2 N–H and O–H groups in total. The van der Waals surface area contributed by atoms with Gasteiger partial charge in [0.05, 0.1) is 23.0 Å². The third-order valence-corrected chi connectivity index (χ3v) is 4.84. The van der Waals surface area contributed by atoms with Gasteiger partial charge in [0.2, 0.25) is 0 Å².